The van der Waals surface area contributed by atoms with E-state index in [-0.39, 0.29) is 6.04 Å². The summed E-state index contributed by atoms with van der Waals surface area (Å²) in [6.45, 7) is 7.54. The van der Waals surface area contributed by atoms with Gasteiger partial charge in [0.15, 0.2) is 0 Å². The van der Waals surface area contributed by atoms with Gasteiger partial charge in [-0.25, -0.2) is 0 Å². The maximum absolute atomic E-state index is 12.1. The summed E-state index contributed by atoms with van der Waals surface area (Å²) in [5, 5.41) is 3.16. The fourth-order valence-corrected chi connectivity index (χ4v) is 4.00. The molecule has 1 unspecified atom stereocenters. The molecule has 2 saturated heterocycles. The number of hydrogen-bond acceptors (Lipinski definition) is 4. The molecule has 106 valence electrons. The predicted molar refractivity (Wildman–Crippen MR) is 71.6 cm³/mol. The molecule has 7 heteroatoms. The third-order valence-electron chi connectivity index (χ3n) is 3.50. The Bertz CT molecular complexity index is 348. The Morgan fingerprint density at radius 3 is 2.39 bits per heavy atom. The minimum Gasteiger partial charge on any atom is -0.314 e. The minimum absolute atomic E-state index is 0.0250. The van der Waals surface area contributed by atoms with Crippen molar-refractivity contribution in [1.29, 1.82) is 0 Å². The van der Waals surface area contributed by atoms with Crippen LogP contribution >= 0.6 is 0 Å². The highest BCUT2D eigenvalue weighted by molar-refractivity contribution is 7.87. The monoisotopic (exact) mass is 276 g/mol. The van der Waals surface area contributed by atoms with E-state index < -0.39 is 10.2 Å². The Hall–Kier alpha value is -0.210. The second-order valence-electron chi connectivity index (χ2n) is 5.18. The Labute approximate surface area is 110 Å². The molecule has 18 heavy (non-hydrogen) atoms. The quantitative estimate of drug-likeness (QED) is 0.691. The van der Waals surface area contributed by atoms with Crippen molar-refractivity contribution in [2.75, 3.05) is 45.8 Å². The summed E-state index contributed by atoms with van der Waals surface area (Å²) in [6.07, 6.45) is 2.47. The van der Waals surface area contributed by atoms with Crippen LogP contribution in [0.4, 0.5) is 0 Å². The van der Waals surface area contributed by atoms with Gasteiger partial charge in [0.05, 0.1) is 0 Å². The first-order valence-electron chi connectivity index (χ1n) is 6.78. The van der Waals surface area contributed by atoms with Crippen molar-refractivity contribution in [3.05, 3.63) is 0 Å². The van der Waals surface area contributed by atoms with E-state index >= 15 is 0 Å². The van der Waals surface area contributed by atoms with Crippen molar-refractivity contribution in [2.45, 2.75) is 25.8 Å². The Morgan fingerprint density at radius 1 is 1.17 bits per heavy atom. The second kappa shape index (κ2) is 6.29. The minimum atomic E-state index is -3.31. The molecule has 0 aromatic heterocycles. The molecular formula is C11H24N4O2S. The van der Waals surface area contributed by atoms with Crippen LogP contribution in [0, 0.1) is 0 Å². The molecule has 0 aromatic carbocycles. The molecule has 0 bridgehead atoms. The molecule has 2 heterocycles. The summed E-state index contributed by atoms with van der Waals surface area (Å²) in [5.41, 5.74) is 0. The summed E-state index contributed by atoms with van der Waals surface area (Å²) < 4.78 is 28.6. The number of rotatable bonds is 5. The van der Waals surface area contributed by atoms with E-state index in [4.69, 9.17) is 0 Å². The molecule has 0 spiro atoms. The first-order chi connectivity index (χ1) is 8.58. The van der Waals surface area contributed by atoms with Crippen LogP contribution in [0.15, 0.2) is 0 Å². The van der Waals surface area contributed by atoms with Gasteiger partial charge < -0.3 is 10.2 Å². The first kappa shape index (κ1) is 14.2. The van der Waals surface area contributed by atoms with E-state index in [0.717, 1.165) is 32.7 Å². The third-order valence-corrected chi connectivity index (χ3v) is 5.24. The zero-order chi connectivity index (χ0) is 13.0. The summed E-state index contributed by atoms with van der Waals surface area (Å²) in [6, 6.07) is -0.0250. The number of nitrogens with zero attached hydrogens (tertiary/aromatic N) is 2. The molecule has 0 aromatic rings. The predicted octanol–water partition coefficient (Wildman–Crippen LogP) is -0.790. The summed E-state index contributed by atoms with van der Waals surface area (Å²) in [4.78, 5) is 2.32. The van der Waals surface area contributed by atoms with Gasteiger partial charge >= 0.3 is 0 Å². The van der Waals surface area contributed by atoms with Crippen molar-refractivity contribution in [1.82, 2.24) is 19.2 Å². The topological polar surface area (TPSA) is 64.7 Å². The molecule has 2 aliphatic rings. The highest BCUT2D eigenvalue weighted by Crippen LogP contribution is 2.08. The van der Waals surface area contributed by atoms with Crippen LogP contribution in [0.25, 0.3) is 0 Å². The summed E-state index contributed by atoms with van der Waals surface area (Å²) in [5.74, 6) is 0. The molecule has 1 atom stereocenters. The van der Waals surface area contributed by atoms with E-state index in [1.165, 1.54) is 17.1 Å². The number of nitrogens with one attached hydrogen (secondary N) is 2. The SMILES string of the molecule is CC(CN1CCCC1)NS(=O)(=O)N1CCNCC1. The smallest absolute Gasteiger partial charge is 0.279 e. The maximum atomic E-state index is 12.1. The van der Waals surface area contributed by atoms with Crippen molar-refractivity contribution < 1.29 is 8.42 Å². The Kier molecular flexibility index (Phi) is 4.97. The molecule has 0 aliphatic carbocycles. The third kappa shape index (κ3) is 3.89. The van der Waals surface area contributed by atoms with Crippen LogP contribution in [-0.4, -0.2) is 69.5 Å². The first-order valence-corrected chi connectivity index (χ1v) is 8.22. The van der Waals surface area contributed by atoms with Gasteiger partial charge in [-0.05, 0) is 32.9 Å². The highest BCUT2D eigenvalue weighted by atomic mass is 32.2. The van der Waals surface area contributed by atoms with Crippen molar-refractivity contribution in [3.8, 4) is 0 Å². The second-order valence-corrected chi connectivity index (χ2v) is 6.88. The van der Waals surface area contributed by atoms with Crippen LogP contribution in [0.3, 0.4) is 0 Å². The lowest BCUT2D eigenvalue weighted by Gasteiger charge is -2.29. The van der Waals surface area contributed by atoms with Crippen LogP contribution in [0.5, 0.6) is 0 Å². The fraction of sp³-hybridized carbons (Fsp3) is 1.00. The molecule has 2 fully saturated rings. The standard InChI is InChI=1S/C11H24N4O2S/c1-11(10-14-6-2-3-7-14)13-18(16,17)15-8-4-12-5-9-15/h11-13H,2-10H2,1H3. The van der Waals surface area contributed by atoms with Gasteiger partial charge in [-0.1, -0.05) is 0 Å². The zero-order valence-electron chi connectivity index (χ0n) is 11.1. The van der Waals surface area contributed by atoms with Crippen LogP contribution in [0.2, 0.25) is 0 Å². The fourth-order valence-electron chi connectivity index (χ4n) is 2.60. The van der Waals surface area contributed by atoms with Gasteiger partial charge in [0.1, 0.15) is 0 Å². The van der Waals surface area contributed by atoms with Crippen molar-refractivity contribution in [3.63, 3.8) is 0 Å². The Morgan fingerprint density at radius 2 is 1.78 bits per heavy atom. The lowest BCUT2D eigenvalue weighted by atomic mass is 10.3. The molecule has 0 radical (unpaired) electrons. The lowest BCUT2D eigenvalue weighted by Crippen LogP contribution is -2.53. The number of piperazine rings is 1. The van der Waals surface area contributed by atoms with Gasteiger partial charge in [0.2, 0.25) is 0 Å². The number of hydrogen-bond donors (Lipinski definition) is 2. The molecule has 0 amide bonds. The van der Waals surface area contributed by atoms with E-state index in [0.29, 0.717) is 13.1 Å². The van der Waals surface area contributed by atoms with E-state index in [1.54, 1.807) is 0 Å². The van der Waals surface area contributed by atoms with Crippen LogP contribution < -0.4 is 10.0 Å². The lowest BCUT2D eigenvalue weighted by molar-refractivity contribution is 0.304. The highest BCUT2D eigenvalue weighted by Gasteiger charge is 2.26. The van der Waals surface area contributed by atoms with E-state index in [1.807, 2.05) is 6.92 Å². The van der Waals surface area contributed by atoms with Crippen molar-refractivity contribution >= 4 is 10.2 Å². The molecule has 2 N–H and O–H groups in total. The maximum Gasteiger partial charge on any atom is 0.279 e. The van der Waals surface area contributed by atoms with Gasteiger partial charge in [0, 0.05) is 38.8 Å². The van der Waals surface area contributed by atoms with Crippen molar-refractivity contribution in [2.24, 2.45) is 0 Å². The van der Waals surface area contributed by atoms with Gasteiger partial charge in [-0.15, -0.1) is 0 Å². The van der Waals surface area contributed by atoms with Gasteiger partial charge in [-0.3, -0.25) is 0 Å². The molecular weight excluding hydrogens is 252 g/mol. The average Bonchev–Trinajstić information content (AvgIpc) is 2.82. The summed E-state index contributed by atoms with van der Waals surface area (Å²) >= 11 is 0. The van der Waals surface area contributed by atoms with E-state index in [9.17, 15) is 8.42 Å². The molecule has 2 rings (SSSR count). The normalized spacial score (nSPS) is 25.4. The van der Waals surface area contributed by atoms with Crippen LogP contribution in [-0.2, 0) is 10.2 Å². The van der Waals surface area contributed by atoms with Gasteiger partial charge in [-0.2, -0.15) is 17.4 Å². The van der Waals surface area contributed by atoms with E-state index in [2.05, 4.69) is 14.9 Å². The molecule has 6 nitrogen and oxygen atoms in total. The molecule has 2 aliphatic heterocycles. The summed E-state index contributed by atoms with van der Waals surface area (Å²) in [7, 11) is -3.31. The zero-order valence-corrected chi connectivity index (χ0v) is 11.9. The Balaban J connectivity index is 1.82. The van der Waals surface area contributed by atoms with Gasteiger partial charge in [0.25, 0.3) is 10.2 Å². The largest absolute Gasteiger partial charge is 0.314 e. The molecule has 0 saturated carbocycles. The number of likely N-dealkylation sites (tertiary alicyclic amines) is 1. The van der Waals surface area contributed by atoms with Crippen LogP contribution in [0.1, 0.15) is 19.8 Å². The average molecular weight is 276 g/mol.